The summed E-state index contributed by atoms with van der Waals surface area (Å²) in [7, 11) is 2.67. The van der Waals surface area contributed by atoms with Gasteiger partial charge < -0.3 is 15.5 Å². The second-order valence-corrected chi connectivity index (χ2v) is 8.50. The molecular formula is C13H26IN5O2S2. The van der Waals surface area contributed by atoms with Gasteiger partial charge >= 0.3 is 0 Å². The van der Waals surface area contributed by atoms with Gasteiger partial charge in [0.05, 0.1) is 18.0 Å². The van der Waals surface area contributed by atoms with Crippen LogP contribution in [0.15, 0.2) is 10.4 Å². The predicted molar refractivity (Wildman–Crippen MR) is 109 cm³/mol. The van der Waals surface area contributed by atoms with Crippen molar-refractivity contribution in [3.05, 3.63) is 11.1 Å². The van der Waals surface area contributed by atoms with E-state index in [-0.39, 0.29) is 35.8 Å². The maximum absolute atomic E-state index is 11.2. The molecule has 0 radical (unpaired) electrons. The zero-order valence-corrected chi connectivity index (χ0v) is 18.1. The number of nitrogens with zero attached hydrogens (tertiary/aromatic N) is 3. The number of anilines is 1. The van der Waals surface area contributed by atoms with Crippen molar-refractivity contribution >= 4 is 56.2 Å². The number of hydrogen-bond acceptors (Lipinski definition) is 6. The molecule has 23 heavy (non-hydrogen) atoms. The highest BCUT2D eigenvalue weighted by molar-refractivity contribution is 14.0. The molecule has 1 atom stereocenters. The smallest absolute Gasteiger partial charge is 0.191 e. The fourth-order valence-electron chi connectivity index (χ4n) is 1.65. The summed E-state index contributed by atoms with van der Waals surface area (Å²) in [6, 6.07) is 0.0219. The van der Waals surface area contributed by atoms with Crippen molar-refractivity contribution in [3.63, 3.8) is 0 Å². The Morgan fingerprint density at radius 3 is 2.61 bits per heavy atom. The van der Waals surface area contributed by atoms with Crippen molar-refractivity contribution in [2.45, 2.75) is 25.9 Å². The summed E-state index contributed by atoms with van der Waals surface area (Å²) in [5.41, 5.74) is 0.945. The third kappa shape index (κ3) is 9.30. The van der Waals surface area contributed by atoms with Gasteiger partial charge in [0.1, 0.15) is 9.84 Å². The van der Waals surface area contributed by atoms with E-state index in [2.05, 4.69) is 20.6 Å². The third-order valence-electron chi connectivity index (χ3n) is 2.89. The first-order valence-electron chi connectivity index (χ1n) is 6.98. The number of guanidine groups is 1. The topological polar surface area (TPSA) is 86.7 Å². The van der Waals surface area contributed by atoms with E-state index in [1.807, 2.05) is 31.3 Å². The number of sulfone groups is 1. The van der Waals surface area contributed by atoms with Gasteiger partial charge in [0, 0.05) is 38.8 Å². The van der Waals surface area contributed by atoms with Crippen molar-refractivity contribution in [3.8, 4) is 0 Å². The van der Waals surface area contributed by atoms with Crippen LogP contribution in [0.5, 0.6) is 0 Å². The molecule has 1 heterocycles. The van der Waals surface area contributed by atoms with Crippen LogP contribution in [-0.2, 0) is 16.4 Å². The van der Waals surface area contributed by atoms with Gasteiger partial charge in [-0.3, -0.25) is 4.99 Å². The Hall–Kier alpha value is -0.620. The molecular weight excluding hydrogens is 449 g/mol. The van der Waals surface area contributed by atoms with Crippen molar-refractivity contribution in [2.75, 3.05) is 38.1 Å². The molecule has 0 amide bonds. The molecule has 1 rings (SSSR count). The zero-order chi connectivity index (χ0) is 16.8. The average molecular weight is 475 g/mol. The number of aliphatic imine (C=N–C) groups is 1. The molecule has 7 nitrogen and oxygen atoms in total. The second-order valence-electron chi connectivity index (χ2n) is 5.41. The largest absolute Gasteiger partial charge is 0.354 e. The molecule has 0 aliphatic rings. The number of rotatable bonds is 7. The van der Waals surface area contributed by atoms with E-state index in [1.54, 1.807) is 18.4 Å². The van der Waals surface area contributed by atoms with Crippen LogP contribution < -0.4 is 15.5 Å². The Bertz CT molecular complexity index is 601. The molecule has 2 N–H and O–H groups in total. The molecule has 1 aromatic heterocycles. The van der Waals surface area contributed by atoms with Crippen LogP contribution in [0, 0.1) is 0 Å². The van der Waals surface area contributed by atoms with Gasteiger partial charge in [0.15, 0.2) is 11.1 Å². The lowest BCUT2D eigenvalue weighted by Crippen LogP contribution is -2.42. The zero-order valence-electron chi connectivity index (χ0n) is 14.2. The Balaban J connectivity index is 0.00000484. The molecule has 0 aromatic carbocycles. The predicted octanol–water partition coefficient (Wildman–Crippen LogP) is 1.32. The first-order chi connectivity index (χ1) is 10.2. The molecule has 0 spiro atoms. The molecule has 0 fully saturated rings. The van der Waals surface area contributed by atoms with Crippen molar-refractivity contribution in [1.82, 2.24) is 15.6 Å². The van der Waals surface area contributed by atoms with Crippen LogP contribution in [0.4, 0.5) is 5.13 Å². The van der Waals surface area contributed by atoms with Crippen molar-refractivity contribution < 1.29 is 8.42 Å². The average Bonchev–Trinajstić information content (AvgIpc) is 2.89. The Morgan fingerprint density at radius 2 is 2.13 bits per heavy atom. The van der Waals surface area contributed by atoms with E-state index < -0.39 is 9.84 Å². The highest BCUT2D eigenvalue weighted by Gasteiger charge is 2.10. The Morgan fingerprint density at radius 1 is 1.48 bits per heavy atom. The minimum Gasteiger partial charge on any atom is -0.354 e. The number of halogens is 1. The molecule has 0 aliphatic carbocycles. The second kappa shape index (κ2) is 10.3. The lowest BCUT2D eigenvalue weighted by Gasteiger charge is -2.17. The van der Waals surface area contributed by atoms with Gasteiger partial charge in [0.25, 0.3) is 0 Å². The maximum atomic E-state index is 11.2. The molecule has 0 bridgehead atoms. The van der Waals surface area contributed by atoms with Crippen LogP contribution in [0.1, 0.15) is 19.0 Å². The fraction of sp³-hybridized carbons (Fsp3) is 0.692. The van der Waals surface area contributed by atoms with E-state index in [1.165, 1.54) is 6.26 Å². The molecule has 0 aliphatic heterocycles. The van der Waals surface area contributed by atoms with Gasteiger partial charge in [0.2, 0.25) is 0 Å². The summed E-state index contributed by atoms with van der Waals surface area (Å²) in [6.07, 6.45) is 1.79. The van der Waals surface area contributed by atoms with E-state index in [0.717, 1.165) is 10.8 Å². The van der Waals surface area contributed by atoms with Crippen molar-refractivity contribution in [2.24, 2.45) is 4.99 Å². The first-order valence-corrected chi connectivity index (χ1v) is 9.92. The van der Waals surface area contributed by atoms with Crippen LogP contribution in [0.2, 0.25) is 0 Å². The van der Waals surface area contributed by atoms with Crippen LogP contribution >= 0.6 is 35.3 Å². The minimum absolute atomic E-state index is 0. The summed E-state index contributed by atoms with van der Waals surface area (Å²) < 4.78 is 22.3. The fourth-order valence-corrected chi connectivity index (χ4v) is 3.19. The number of nitrogens with one attached hydrogen (secondary N) is 2. The Labute approximate surface area is 159 Å². The van der Waals surface area contributed by atoms with Gasteiger partial charge in [-0.15, -0.1) is 35.3 Å². The van der Waals surface area contributed by atoms with Crippen LogP contribution in [-0.4, -0.2) is 58.6 Å². The van der Waals surface area contributed by atoms with E-state index in [9.17, 15) is 8.42 Å². The highest BCUT2D eigenvalue weighted by Crippen LogP contribution is 2.17. The molecule has 10 heteroatoms. The first kappa shape index (κ1) is 22.4. The van der Waals surface area contributed by atoms with E-state index in [0.29, 0.717) is 18.9 Å². The van der Waals surface area contributed by atoms with Gasteiger partial charge in [-0.05, 0) is 13.3 Å². The maximum Gasteiger partial charge on any atom is 0.191 e. The lowest BCUT2D eigenvalue weighted by atomic mass is 10.3. The number of aromatic nitrogens is 1. The summed E-state index contributed by atoms with van der Waals surface area (Å²) >= 11 is 1.59. The molecule has 134 valence electrons. The van der Waals surface area contributed by atoms with E-state index in [4.69, 9.17) is 0 Å². The normalized spacial score (nSPS) is 13.2. The third-order valence-corrected chi connectivity index (χ3v) is 4.92. The molecule has 0 saturated heterocycles. The van der Waals surface area contributed by atoms with Crippen molar-refractivity contribution in [1.29, 1.82) is 0 Å². The summed E-state index contributed by atoms with van der Waals surface area (Å²) in [4.78, 5) is 10.6. The van der Waals surface area contributed by atoms with Crippen LogP contribution in [0.25, 0.3) is 0 Å². The minimum atomic E-state index is -2.94. The molecule has 0 saturated carbocycles. The van der Waals surface area contributed by atoms with Crippen LogP contribution in [0.3, 0.4) is 0 Å². The van der Waals surface area contributed by atoms with E-state index >= 15 is 0 Å². The molecule has 1 aromatic rings. The SMILES string of the molecule is CN=C(NCc1csc(N(C)C)n1)NC(C)CCS(C)(=O)=O.I. The quantitative estimate of drug-likeness (QED) is 0.352. The van der Waals surface area contributed by atoms with Gasteiger partial charge in [-0.25, -0.2) is 13.4 Å². The summed E-state index contributed by atoms with van der Waals surface area (Å²) in [5.74, 6) is 0.802. The Kier molecular flexibility index (Phi) is 10.0. The molecule has 1 unspecified atom stereocenters. The standard InChI is InChI=1S/C13H25N5O2S2.HI/c1-10(6-7-22(5,19)20)16-12(14-2)15-8-11-9-21-13(17-11)18(3)4;/h9-10H,6-8H2,1-5H3,(H2,14,15,16);1H. The van der Waals surface area contributed by atoms with Gasteiger partial charge in [-0.1, -0.05) is 0 Å². The highest BCUT2D eigenvalue weighted by atomic mass is 127. The number of thiazole rings is 1. The monoisotopic (exact) mass is 475 g/mol. The van der Waals surface area contributed by atoms with Gasteiger partial charge in [-0.2, -0.15) is 0 Å². The number of hydrogen-bond donors (Lipinski definition) is 2. The lowest BCUT2D eigenvalue weighted by molar-refractivity contribution is 0.581. The summed E-state index contributed by atoms with van der Waals surface area (Å²) in [6.45, 7) is 2.51. The summed E-state index contributed by atoms with van der Waals surface area (Å²) in [5, 5.41) is 9.32.